The highest BCUT2D eigenvalue weighted by atomic mass is 32.1. The first-order valence-corrected chi connectivity index (χ1v) is 9.32. The molecule has 0 bridgehead atoms. The Kier molecular flexibility index (Phi) is 3.69. The van der Waals surface area contributed by atoms with Gasteiger partial charge in [0.1, 0.15) is 0 Å². The standard InChI is InChI=1S/C23H22S/c1-23(2,3)15-16-7-6-8-17(13-16)18-11-12-20-19-9-4-5-10-21(19)24-22(20)14-18/h4-14H,15H2,1-3H3. The Morgan fingerprint density at radius 2 is 1.46 bits per heavy atom. The van der Waals surface area contributed by atoms with E-state index in [4.69, 9.17) is 0 Å². The molecule has 4 rings (SSSR count). The number of benzene rings is 3. The zero-order chi connectivity index (χ0) is 16.7. The summed E-state index contributed by atoms with van der Waals surface area (Å²) in [6, 6.07) is 24.6. The molecule has 0 aliphatic carbocycles. The molecule has 1 heteroatoms. The lowest BCUT2D eigenvalue weighted by molar-refractivity contribution is 0.411. The van der Waals surface area contributed by atoms with Crippen molar-refractivity contribution in [2.45, 2.75) is 27.2 Å². The van der Waals surface area contributed by atoms with E-state index >= 15 is 0 Å². The number of hydrogen-bond acceptors (Lipinski definition) is 1. The number of rotatable bonds is 2. The van der Waals surface area contributed by atoms with Crippen LogP contribution < -0.4 is 0 Å². The zero-order valence-electron chi connectivity index (χ0n) is 14.5. The zero-order valence-corrected chi connectivity index (χ0v) is 15.3. The molecule has 0 atom stereocenters. The Bertz CT molecular complexity index is 1020. The summed E-state index contributed by atoms with van der Waals surface area (Å²) in [5.74, 6) is 0. The van der Waals surface area contributed by atoms with Crippen LogP contribution >= 0.6 is 11.3 Å². The molecule has 3 aromatic carbocycles. The normalized spacial score (nSPS) is 12.1. The van der Waals surface area contributed by atoms with Crippen LogP contribution in [-0.2, 0) is 6.42 Å². The van der Waals surface area contributed by atoms with Crippen LogP contribution in [0.3, 0.4) is 0 Å². The fourth-order valence-electron chi connectivity index (χ4n) is 3.38. The van der Waals surface area contributed by atoms with Crippen molar-refractivity contribution >= 4 is 31.5 Å². The van der Waals surface area contributed by atoms with Crippen LogP contribution in [0.5, 0.6) is 0 Å². The Labute approximate surface area is 147 Å². The molecule has 0 unspecified atom stereocenters. The van der Waals surface area contributed by atoms with Crippen LogP contribution in [0, 0.1) is 5.41 Å². The SMILES string of the molecule is CC(C)(C)Cc1cccc(-c2ccc3c(c2)sc2ccccc23)c1. The van der Waals surface area contributed by atoms with Gasteiger partial charge in [-0.05, 0) is 40.7 Å². The average Bonchev–Trinajstić information content (AvgIpc) is 2.91. The maximum Gasteiger partial charge on any atom is 0.0361 e. The first-order valence-electron chi connectivity index (χ1n) is 8.50. The quantitative estimate of drug-likeness (QED) is 0.361. The summed E-state index contributed by atoms with van der Waals surface area (Å²) in [7, 11) is 0. The Morgan fingerprint density at radius 1 is 0.708 bits per heavy atom. The third-order valence-electron chi connectivity index (χ3n) is 4.37. The lowest BCUT2D eigenvalue weighted by atomic mass is 9.87. The highest BCUT2D eigenvalue weighted by Crippen LogP contribution is 2.36. The monoisotopic (exact) mass is 330 g/mol. The van der Waals surface area contributed by atoms with Crippen molar-refractivity contribution in [2.24, 2.45) is 5.41 Å². The molecular weight excluding hydrogens is 308 g/mol. The van der Waals surface area contributed by atoms with Crippen molar-refractivity contribution in [1.82, 2.24) is 0 Å². The van der Waals surface area contributed by atoms with Gasteiger partial charge in [0.25, 0.3) is 0 Å². The molecule has 0 nitrogen and oxygen atoms in total. The highest BCUT2D eigenvalue weighted by molar-refractivity contribution is 7.25. The second-order valence-corrected chi connectivity index (χ2v) is 8.83. The molecule has 0 fully saturated rings. The van der Waals surface area contributed by atoms with Gasteiger partial charge in [0.2, 0.25) is 0 Å². The largest absolute Gasteiger partial charge is 0.135 e. The van der Waals surface area contributed by atoms with Gasteiger partial charge in [0, 0.05) is 20.2 Å². The summed E-state index contributed by atoms with van der Waals surface area (Å²) >= 11 is 1.88. The van der Waals surface area contributed by atoms with Gasteiger partial charge >= 0.3 is 0 Å². The van der Waals surface area contributed by atoms with Crippen molar-refractivity contribution in [2.75, 3.05) is 0 Å². The van der Waals surface area contributed by atoms with Gasteiger partial charge in [-0.2, -0.15) is 0 Å². The third-order valence-corrected chi connectivity index (χ3v) is 5.51. The predicted molar refractivity (Wildman–Crippen MR) is 108 cm³/mol. The van der Waals surface area contributed by atoms with E-state index in [1.54, 1.807) is 0 Å². The molecule has 0 aliphatic rings. The summed E-state index contributed by atoms with van der Waals surface area (Å²) in [5.41, 5.74) is 4.35. The summed E-state index contributed by atoms with van der Waals surface area (Å²) in [6.07, 6.45) is 1.10. The maximum absolute atomic E-state index is 2.35. The number of thiophene rings is 1. The Morgan fingerprint density at radius 3 is 2.29 bits per heavy atom. The van der Waals surface area contributed by atoms with Gasteiger partial charge in [-0.15, -0.1) is 11.3 Å². The summed E-state index contributed by atoms with van der Waals surface area (Å²) in [4.78, 5) is 0. The van der Waals surface area contributed by atoms with E-state index in [2.05, 4.69) is 87.5 Å². The molecule has 4 aromatic rings. The topological polar surface area (TPSA) is 0 Å². The molecule has 0 saturated heterocycles. The van der Waals surface area contributed by atoms with Crippen molar-refractivity contribution in [3.63, 3.8) is 0 Å². The number of fused-ring (bicyclic) bond motifs is 3. The van der Waals surface area contributed by atoms with Gasteiger partial charge in [-0.25, -0.2) is 0 Å². The molecule has 0 amide bonds. The first kappa shape index (κ1) is 15.4. The van der Waals surface area contributed by atoms with Gasteiger partial charge in [0.15, 0.2) is 0 Å². The van der Waals surface area contributed by atoms with Gasteiger partial charge in [-0.3, -0.25) is 0 Å². The van der Waals surface area contributed by atoms with Crippen molar-refractivity contribution < 1.29 is 0 Å². The molecule has 24 heavy (non-hydrogen) atoms. The maximum atomic E-state index is 2.35. The fourth-order valence-corrected chi connectivity index (χ4v) is 4.52. The fraction of sp³-hybridized carbons (Fsp3) is 0.217. The van der Waals surface area contributed by atoms with Crippen LogP contribution in [0.25, 0.3) is 31.3 Å². The lowest BCUT2D eigenvalue weighted by Gasteiger charge is -2.18. The molecule has 0 radical (unpaired) electrons. The van der Waals surface area contributed by atoms with Gasteiger partial charge in [-0.1, -0.05) is 75.4 Å². The smallest absolute Gasteiger partial charge is 0.0361 e. The third kappa shape index (κ3) is 2.97. The number of hydrogen-bond donors (Lipinski definition) is 0. The summed E-state index contributed by atoms with van der Waals surface area (Å²) in [5, 5.41) is 2.73. The lowest BCUT2D eigenvalue weighted by Crippen LogP contribution is -2.08. The van der Waals surface area contributed by atoms with Crippen LogP contribution in [-0.4, -0.2) is 0 Å². The molecule has 1 heterocycles. The van der Waals surface area contributed by atoms with E-state index in [9.17, 15) is 0 Å². The minimum absolute atomic E-state index is 0.314. The van der Waals surface area contributed by atoms with E-state index < -0.39 is 0 Å². The summed E-state index contributed by atoms with van der Waals surface area (Å²) < 4.78 is 2.74. The molecule has 0 aliphatic heterocycles. The van der Waals surface area contributed by atoms with E-state index in [1.165, 1.54) is 36.9 Å². The van der Waals surface area contributed by atoms with Gasteiger partial charge in [0.05, 0.1) is 0 Å². The average molecular weight is 330 g/mol. The Hall–Kier alpha value is -2.12. The molecule has 0 saturated carbocycles. The van der Waals surface area contributed by atoms with Crippen LogP contribution in [0.15, 0.2) is 66.7 Å². The summed E-state index contributed by atoms with van der Waals surface area (Å²) in [6.45, 7) is 6.88. The van der Waals surface area contributed by atoms with E-state index in [-0.39, 0.29) is 0 Å². The van der Waals surface area contributed by atoms with Crippen LogP contribution in [0.4, 0.5) is 0 Å². The van der Waals surface area contributed by atoms with Crippen molar-refractivity contribution in [3.05, 3.63) is 72.3 Å². The predicted octanol–water partition coefficient (Wildman–Crippen LogP) is 7.31. The van der Waals surface area contributed by atoms with E-state index in [0.29, 0.717) is 5.41 Å². The highest BCUT2D eigenvalue weighted by Gasteiger charge is 2.12. The van der Waals surface area contributed by atoms with Crippen LogP contribution in [0.2, 0.25) is 0 Å². The van der Waals surface area contributed by atoms with Crippen molar-refractivity contribution in [1.29, 1.82) is 0 Å². The first-order chi connectivity index (χ1) is 11.5. The molecule has 0 N–H and O–H groups in total. The molecule has 0 spiro atoms. The molecular formula is C23H22S. The van der Waals surface area contributed by atoms with E-state index in [0.717, 1.165) is 6.42 Å². The minimum atomic E-state index is 0.314. The van der Waals surface area contributed by atoms with Crippen LogP contribution in [0.1, 0.15) is 26.3 Å². The molecule has 1 aromatic heterocycles. The van der Waals surface area contributed by atoms with Crippen molar-refractivity contribution in [3.8, 4) is 11.1 Å². The van der Waals surface area contributed by atoms with Gasteiger partial charge < -0.3 is 0 Å². The minimum Gasteiger partial charge on any atom is -0.135 e. The van der Waals surface area contributed by atoms with E-state index in [1.807, 2.05) is 11.3 Å². The Balaban J connectivity index is 1.79. The second-order valence-electron chi connectivity index (χ2n) is 7.75. The molecule has 120 valence electrons. The second kappa shape index (κ2) is 5.75.